The molecule has 158 valence electrons. The molecule has 0 saturated heterocycles. The monoisotopic (exact) mass is 433 g/mol. The molecule has 1 atom stereocenters. The summed E-state index contributed by atoms with van der Waals surface area (Å²) in [6.45, 7) is 4.05. The fourth-order valence-electron chi connectivity index (χ4n) is 3.18. The smallest absolute Gasteiger partial charge is 0.238 e. The molecular weight excluding hydrogens is 410 g/mol. The predicted molar refractivity (Wildman–Crippen MR) is 123 cm³/mol. The van der Waals surface area contributed by atoms with Gasteiger partial charge in [0.05, 0.1) is 29.6 Å². The third kappa shape index (κ3) is 4.54. The summed E-state index contributed by atoms with van der Waals surface area (Å²) < 4.78 is 6.96. The molecule has 1 N–H and O–H groups in total. The van der Waals surface area contributed by atoms with Crippen LogP contribution in [-0.4, -0.2) is 38.0 Å². The summed E-state index contributed by atoms with van der Waals surface area (Å²) >= 11 is 1.43. The molecule has 4 aromatic rings. The van der Waals surface area contributed by atoms with Crippen LogP contribution < -0.4 is 10.1 Å². The van der Waals surface area contributed by atoms with Gasteiger partial charge >= 0.3 is 0 Å². The van der Waals surface area contributed by atoms with Gasteiger partial charge in [0.15, 0.2) is 5.65 Å². The minimum atomic E-state index is -0.333. The molecule has 7 nitrogen and oxygen atoms in total. The zero-order valence-corrected chi connectivity index (χ0v) is 18.3. The maximum absolute atomic E-state index is 13.0. The number of fused-ring (bicyclic) bond motifs is 1. The van der Waals surface area contributed by atoms with E-state index >= 15 is 0 Å². The number of para-hydroxylation sites is 1. The van der Waals surface area contributed by atoms with E-state index in [0.717, 1.165) is 27.5 Å². The van der Waals surface area contributed by atoms with Crippen molar-refractivity contribution in [2.75, 3.05) is 12.4 Å². The van der Waals surface area contributed by atoms with Crippen molar-refractivity contribution < 1.29 is 9.53 Å². The second-order valence-electron chi connectivity index (χ2n) is 7.31. The molecule has 0 bridgehead atoms. The molecule has 0 saturated carbocycles. The molecule has 0 aliphatic heterocycles. The van der Waals surface area contributed by atoms with Crippen LogP contribution in [0.5, 0.6) is 5.75 Å². The molecule has 0 radical (unpaired) electrons. The first kappa shape index (κ1) is 20.9. The number of ether oxygens (including phenoxy) is 1. The molecule has 4 rings (SSSR count). The minimum Gasteiger partial charge on any atom is -0.497 e. The van der Waals surface area contributed by atoms with Crippen molar-refractivity contribution in [1.82, 2.24) is 19.7 Å². The average Bonchev–Trinajstić information content (AvgIpc) is 3.23. The van der Waals surface area contributed by atoms with Crippen LogP contribution in [0.25, 0.3) is 16.7 Å². The van der Waals surface area contributed by atoms with Crippen LogP contribution in [0.15, 0.2) is 72.1 Å². The Kier molecular flexibility index (Phi) is 6.18. The summed E-state index contributed by atoms with van der Waals surface area (Å²) in [4.78, 5) is 21.9. The van der Waals surface area contributed by atoms with E-state index in [4.69, 9.17) is 4.74 Å². The van der Waals surface area contributed by atoms with E-state index in [1.165, 1.54) is 18.1 Å². The van der Waals surface area contributed by atoms with E-state index in [1.807, 2.05) is 68.4 Å². The number of hydrogen-bond acceptors (Lipinski definition) is 6. The molecule has 2 aromatic heterocycles. The van der Waals surface area contributed by atoms with Gasteiger partial charge in [-0.05, 0) is 42.3 Å². The molecule has 0 aliphatic carbocycles. The molecule has 8 heteroatoms. The normalized spacial score (nSPS) is 12.1. The lowest BCUT2D eigenvalue weighted by atomic mass is 10.1. The molecule has 0 unspecified atom stereocenters. The van der Waals surface area contributed by atoms with Gasteiger partial charge in [0.25, 0.3) is 0 Å². The highest BCUT2D eigenvalue weighted by molar-refractivity contribution is 8.00. The van der Waals surface area contributed by atoms with E-state index in [2.05, 4.69) is 20.4 Å². The molecule has 1 amide bonds. The number of benzene rings is 2. The lowest BCUT2D eigenvalue weighted by Gasteiger charge is -2.19. The van der Waals surface area contributed by atoms with Gasteiger partial charge in [-0.15, -0.1) is 0 Å². The second kappa shape index (κ2) is 9.18. The second-order valence-corrected chi connectivity index (χ2v) is 8.44. The molecule has 2 aromatic carbocycles. The first-order valence-corrected chi connectivity index (χ1v) is 10.8. The zero-order chi connectivity index (χ0) is 21.8. The van der Waals surface area contributed by atoms with E-state index in [-0.39, 0.29) is 17.1 Å². The van der Waals surface area contributed by atoms with Crippen molar-refractivity contribution >= 4 is 34.4 Å². The summed E-state index contributed by atoms with van der Waals surface area (Å²) in [5.74, 6) is 0.761. The SMILES string of the molecule is COc1ccc(NC(=O)[C@H](Sc2ncnc3c2cnn3-c2ccccc2)C(C)C)cc1. The van der Waals surface area contributed by atoms with E-state index in [9.17, 15) is 4.79 Å². The highest BCUT2D eigenvalue weighted by atomic mass is 32.2. The van der Waals surface area contributed by atoms with Gasteiger partial charge in [-0.25, -0.2) is 14.6 Å². The summed E-state index contributed by atoms with van der Waals surface area (Å²) in [6, 6.07) is 17.1. The van der Waals surface area contributed by atoms with E-state index in [0.29, 0.717) is 5.65 Å². The summed E-state index contributed by atoms with van der Waals surface area (Å²) in [5.41, 5.74) is 2.35. The van der Waals surface area contributed by atoms with Gasteiger partial charge in [0, 0.05) is 5.69 Å². The number of rotatable bonds is 7. The third-order valence-corrected chi connectivity index (χ3v) is 6.35. The van der Waals surface area contributed by atoms with Crippen molar-refractivity contribution in [2.24, 2.45) is 5.92 Å². The number of methoxy groups -OCH3 is 1. The number of hydrogen-bond donors (Lipinski definition) is 1. The molecule has 0 fully saturated rings. The minimum absolute atomic E-state index is 0.0765. The Bertz CT molecular complexity index is 1180. The standard InChI is InChI=1S/C23H23N5O2S/c1-15(2)20(22(29)27-16-9-11-18(30-3)12-10-16)31-23-19-13-26-28(21(19)24-14-25-23)17-7-5-4-6-8-17/h4-15,20H,1-3H3,(H,27,29)/t20-/m1/s1. The van der Waals surface area contributed by atoms with Crippen molar-refractivity contribution in [3.05, 3.63) is 67.1 Å². The Morgan fingerprint density at radius 3 is 2.48 bits per heavy atom. The maximum Gasteiger partial charge on any atom is 0.238 e. The van der Waals surface area contributed by atoms with Crippen LogP contribution in [0.4, 0.5) is 5.69 Å². The Morgan fingerprint density at radius 2 is 1.81 bits per heavy atom. The lowest BCUT2D eigenvalue weighted by molar-refractivity contribution is -0.116. The largest absolute Gasteiger partial charge is 0.497 e. The number of anilines is 1. The Balaban J connectivity index is 1.59. The average molecular weight is 434 g/mol. The van der Waals surface area contributed by atoms with E-state index < -0.39 is 0 Å². The maximum atomic E-state index is 13.0. The quantitative estimate of drug-likeness (QED) is 0.339. The van der Waals surface area contributed by atoms with E-state index in [1.54, 1.807) is 18.0 Å². The molecule has 0 aliphatic rings. The molecule has 0 spiro atoms. The van der Waals surface area contributed by atoms with Crippen LogP contribution in [0.2, 0.25) is 0 Å². The Hall–Kier alpha value is -3.39. The lowest BCUT2D eigenvalue weighted by Crippen LogP contribution is -2.29. The fraction of sp³-hybridized carbons (Fsp3) is 0.217. The Morgan fingerprint density at radius 1 is 1.06 bits per heavy atom. The molecular formula is C23H23N5O2S. The summed E-state index contributed by atoms with van der Waals surface area (Å²) in [6.07, 6.45) is 3.27. The number of carbonyl (C=O) groups is 1. The molecule has 2 heterocycles. The van der Waals surface area contributed by atoms with Gasteiger partial charge in [-0.3, -0.25) is 4.79 Å². The number of aromatic nitrogens is 4. The first-order valence-electron chi connectivity index (χ1n) is 9.92. The predicted octanol–water partition coefficient (Wildman–Crippen LogP) is 4.58. The van der Waals surface area contributed by atoms with Crippen LogP contribution in [-0.2, 0) is 4.79 Å². The fourth-order valence-corrected chi connectivity index (χ4v) is 4.23. The van der Waals surface area contributed by atoms with Crippen molar-refractivity contribution in [1.29, 1.82) is 0 Å². The summed E-state index contributed by atoms with van der Waals surface area (Å²) in [7, 11) is 1.61. The number of nitrogens with one attached hydrogen (secondary N) is 1. The van der Waals surface area contributed by atoms with Crippen LogP contribution in [0.3, 0.4) is 0 Å². The Labute approximate surface area is 184 Å². The number of carbonyl (C=O) groups excluding carboxylic acids is 1. The zero-order valence-electron chi connectivity index (χ0n) is 17.5. The highest BCUT2D eigenvalue weighted by Gasteiger charge is 2.26. The molecule has 31 heavy (non-hydrogen) atoms. The van der Waals surface area contributed by atoms with Gasteiger partial charge in [0.1, 0.15) is 17.1 Å². The van der Waals surface area contributed by atoms with Crippen LogP contribution >= 0.6 is 11.8 Å². The van der Waals surface area contributed by atoms with Gasteiger partial charge in [0.2, 0.25) is 5.91 Å². The number of nitrogens with zero attached hydrogens (tertiary/aromatic N) is 4. The third-order valence-electron chi connectivity index (χ3n) is 4.79. The number of amides is 1. The van der Waals surface area contributed by atoms with Crippen molar-refractivity contribution in [3.8, 4) is 11.4 Å². The van der Waals surface area contributed by atoms with Gasteiger partial charge in [-0.1, -0.05) is 43.8 Å². The summed E-state index contributed by atoms with van der Waals surface area (Å²) in [5, 5.41) is 8.71. The topological polar surface area (TPSA) is 81.9 Å². The first-order chi connectivity index (χ1) is 15.1. The van der Waals surface area contributed by atoms with Crippen molar-refractivity contribution in [2.45, 2.75) is 24.1 Å². The highest BCUT2D eigenvalue weighted by Crippen LogP contribution is 2.32. The number of thioether (sulfide) groups is 1. The van der Waals surface area contributed by atoms with Crippen molar-refractivity contribution in [3.63, 3.8) is 0 Å². The van der Waals surface area contributed by atoms with Crippen LogP contribution in [0, 0.1) is 5.92 Å². The van der Waals surface area contributed by atoms with Gasteiger partial charge < -0.3 is 10.1 Å². The van der Waals surface area contributed by atoms with Gasteiger partial charge in [-0.2, -0.15) is 5.10 Å². The van der Waals surface area contributed by atoms with Crippen LogP contribution in [0.1, 0.15) is 13.8 Å².